The van der Waals surface area contributed by atoms with Crippen molar-refractivity contribution < 1.29 is 18.9 Å². The van der Waals surface area contributed by atoms with Crippen molar-refractivity contribution in [3.05, 3.63) is 47.5 Å². The third kappa shape index (κ3) is 5.53. The van der Waals surface area contributed by atoms with Gasteiger partial charge in [-0.25, -0.2) is 0 Å². The van der Waals surface area contributed by atoms with Crippen molar-refractivity contribution >= 4 is 0 Å². The molecule has 0 amide bonds. The van der Waals surface area contributed by atoms with Gasteiger partial charge in [0.25, 0.3) is 0 Å². The Kier molecular flexibility index (Phi) is 7.39. The van der Waals surface area contributed by atoms with Crippen molar-refractivity contribution in [3.8, 4) is 23.0 Å². The van der Waals surface area contributed by atoms with E-state index in [1.165, 1.54) is 0 Å². The van der Waals surface area contributed by atoms with Crippen LogP contribution in [0.4, 0.5) is 0 Å². The Morgan fingerprint density at radius 1 is 1.04 bits per heavy atom. The van der Waals surface area contributed by atoms with Gasteiger partial charge in [0.1, 0.15) is 6.61 Å². The molecule has 28 heavy (non-hydrogen) atoms. The minimum absolute atomic E-state index is 0.614. The summed E-state index contributed by atoms with van der Waals surface area (Å²) in [5.41, 5.74) is 2.23. The summed E-state index contributed by atoms with van der Waals surface area (Å²) in [6.45, 7) is 4.27. The predicted molar refractivity (Wildman–Crippen MR) is 110 cm³/mol. The van der Waals surface area contributed by atoms with E-state index in [4.69, 9.17) is 18.9 Å². The Labute approximate surface area is 167 Å². The molecule has 0 saturated carbocycles. The molecule has 3 rings (SSSR count). The van der Waals surface area contributed by atoms with E-state index in [2.05, 4.69) is 22.3 Å². The number of benzene rings is 2. The summed E-state index contributed by atoms with van der Waals surface area (Å²) in [7, 11) is 5.73. The van der Waals surface area contributed by atoms with Crippen LogP contribution in [0, 0.1) is 0 Å². The van der Waals surface area contributed by atoms with E-state index in [0.717, 1.165) is 53.6 Å². The third-order valence-electron chi connectivity index (χ3n) is 4.52. The standard InChI is InChI=1S/C22H30N2O4/c1-24(2)10-13-28-22-18(6-4-7-20(22)25-3)16-23-15-17-8-9-19-21(14-17)27-12-5-11-26-19/h4,6-9,14,23H,5,10-13,15-16H2,1-3H3. The van der Waals surface area contributed by atoms with E-state index in [0.29, 0.717) is 26.4 Å². The highest BCUT2D eigenvalue weighted by Crippen LogP contribution is 2.32. The van der Waals surface area contributed by atoms with Crippen LogP contribution in [0.25, 0.3) is 0 Å². The summed E-state index contributed by atoms with van der Waals surface area (Å²) in [5.74, 6) is 3.21. The lowest BCUT2D eigenvalue weighted by Crippen LogP contribution is -2.20. The Hall–Kier alpha value is -2.44. The van der Waals surface area contributed by atoms with Gasteiger partial charge >= 0.3 is 0 Å². The van der Waals surface area contributed by atoms with Crippen LogP contribution in [-0.2, 0) is 13.1 Å². The van der Waals surface area contributed by atoms with Crippen LogP contribution in [0.5, 0.6) is 23.0 Å². The number of rotatable bonds is 9. The fraction of sp³-hybridized carbons (Fsp3) is 0.455. The quantitative estimate of drug-likeness (QED) is 0.715. The number of nitrogens with one attached hydrogen (secondary N) is 1. The number of nitrogens with zero attached hydrogens (tertiary/aromatic N) is 1. The molecular formula is C22H30N2O4. The average Bonchev–Trinajstić information content (AvgIpc) is 2.93. The van der Waals surface area contributed by atoms with Gasteiger partial charge in [-0.2, -0.15) is 0 Å². The first-order chi connectivity index (χ1) is 13.7. The summed E-state index contributed by atoms with van der Waals surface area (Å²) in [6.07, 6.45) is 0.911. The van der Waals surface area contributed by atoms with Gasteiger partial charge in [-0.3, -0.25) is 0 Å². The molecule has 1 N–H and O–H groups in total. The van der Waals surface area contributed by atoms with Crippen LogP contribution in [0.15, 0.2) is 36.4 Å². The summed E-state index contributed by atoms with van der Waals surface area (Å²) in [5, 5.41) is 3.49. The summed E-state index contributed by atoms with van der Waals surface area (Å²) < 4.78 is 23.0. The Morgan fingerprint density at radius 3 is 2.64 bits per heavy atom. The van der Waals surface area contributed by atoms with Crippen LogP contribution >= 0.6 is 0 Å². The highest BCUT2D eigenvalue weighted by molar-refractivity contribution is 5.47. The molecule has 6 nitrogen and oxygen atoms in total. The largest absolute Gasteiger partial charge is 0.493 e. The molecule has 2 aromatic rings. The van der Waals surface area contributed by atoms with Gasteiger partial charge in [0, 0.05) is 31.6 Å². The molecule has 0 unspecified atom stereocenters. The first-order valence-electron chi connectivity index (χ1n) is 9.70. The lowest BCUT2D eigenvalue weighted by Gasteiger charge is -2.17. The summed E-state index contributed by atoms with van der Waals surface area (Å²) in [4.78, 5) is 2.09. The maximum atomic E-state index is 6.02. The zero-order valence-corrected chi connectivity index (χ0v) is 17.0. The molecule has 1 heterocycles. The minimum Gasteiger partial charge on any atom is -0.493 e. The van der Waals surface area contributed by atoms with Gasteiger partial charge in [-0.1, -0.05) is 18.2 Å². The Balaban J connectivity index is 1.62. The summed E-state index contributed by atoms with van der Waals surface area (Å²) >= 11 is 0. The lowest BCUT2D eigenvalue weighted by molar-refractivity contribution is 0.248. The van der Waals surface area contributed by atoms with Crippen LogP contribution < -0.4 is 24.3 Å². The van der Waals surface area contributed by atoms with Crippen molar-refractivity contribution in [2.45, 2.75) is 19.5 Å². The Bertz CT molecular complexity index is 764. The first kappa shape index (κ1) is 20.3. The van der Waals surface area contributed by atoms with Gasteiger partial charge in [0.15, 0.2) is 23.0 Å². The second kappa shape index (κ2) is 10.2. The molecule has 1 aliphatic heterocycles. The van der Waals surface area contributed by atoms with Crippen molar-refractivity contribution in [1.82, 2.24) is 10.2 Å². The van der Waals surface area contributed by atoms with E-state index >= 15 is 0 Å². The van der Waals surface area contributed by atoms with Crippen LogP contribution in [0.1, 0.15) is 17.5 Å². The van der Waals surface area contributed by atoms with Gasteiger partial charge < -0.3 is 29.2 Å². The molecule has 0 fully saturated rings. The topological polar surface area (TPSA) is 52.2 Å². The monoisotopic (exact) mass is 386 g/mol. The second-order valence-corrected chi connectivity index (χ2v) is 7.04. The lowest BCUT2D eigenvalue weighted by atomic mass is 10.1. The Morgan fingerprint density at radius 2 is 1.86 bits per heavy atom. The number of para-hydroxylation sites is 1. The summed E-state index contributed by atoms with van der Waals surface area (Å²) in [6, 6.07) is 12.1. The maximum Gasteiger partial charge on any atom is 0.165 e. The molecule has 0 atom stereocenters. The number of fused-ring (bicyclic) bond motifs is 1. The maximum absolute atomic E-state index is 6.02. The molecular weight excluding hydrogens is 356 g/mol. The van der Waals surface area contributed by atoms with Crippen LogP contribution in [0.3, 0.4) is 0 Å². The average molecular weight is 386 g/mol. The second-order valence-electron chi connectivity index (χ2n) is 7.04. The molecule has 0 aromatic heterocycles. The molecule has 0 radical (unpaired) electrons. The molecule has 0 saturated heterocycles. The number of hydrogen-bond acceptors (Lipinski definition) is 6. The highest BCUT2D eigenvalue weighted by Gasteiger charge is 2.12. The number of hydrogen-bond donors (Lipinski definition) is 1. The zero-order valence-electron chi connectivity index (χ0n) is 17.0. The smallest absolute Gasteiger partial charge is 0.165 e. The predicted octanol–water partition coefficient (Wildman–Crippen LogP) is 3.09. The van der Waals surface area contributed by atoms with Gasteiger partial charge in [0.05, 0.1) is 20.3 Å². The number of ether oxygens (including phenoxy) is 4. The van der Waals surface area contributed by atoms with E-state index in [9.17, 15) is 0 Å². The molecule has 0 bridgehead atoms. The fourth-order valence-corrected chi connectivity index (χ4v) is 3.01. The first-order valence-corrected chi connectivity index (χ1v) is 9.70. The van der Waals surface area contributed by atoms with Gasteiger partial charge in [0.2, 0.25) is 0 Å². The normalized spacial score (nSPS) is 13.3. The fourth-order valence-electron chi connectivity index (χ4n) is 3.01. The molecule has 0 aliphatic carbocycles. The zero-order chi connectivity index (χ0) is 19.8. The van der Waals surface area contributed by atoms with E-state index in [1.807, 2.05) is 38.4 Å². The number of methoxy groups -OCH3 is 1. The minimum atomic E-state index is 0.614. The van der Waals surface area contributed by atoms with E-state index in [-0.39, 0.29) is 0 Å². The van der Waals surface area contributed by atoms with Gasteiger partial charge in [-0.05, 0) is 37.9 Å². The SMILES string of the molecule is COc1cccc(CNCc2ccc3c(c2)OCCCO3)c1OCCN(C)C. The van der Waals surface area contributed by atoms with Gasteiger partial charge in [-0.15, -0.1) is 0 Å². The molecule has 2 aromatic carbocycles. The van der Waals surface area contributed by atoms with E-state index in [1.54, 1.807) is 7.11 Å². The molecule has 1 aliphatic rings. The molecule has 0 spiro atoms. The van der Waals surface area contributed by atoms with Crippen molar-refractivity contribution in [2.75, 3.05) is 47.6 Å². The highest BCUT2D eigenvalue weighted by atomic mass is 16.5. The van der Waals surface area contributed by atoms with Crippen molar-refractivity contribution in [1.29, 1.82) is 0 Å². The van der Waals surface area contributed by atoms with E-state index < -0.39 is 0 Å². The van der Waals surface area contributed by atoms with Crippen molar-refractivity contribution in [3.63, 3.8) is 0 Å². The van der Waals surface area contributed by atoms with Crippen LogP contribution in [0.2, 0.25) is 0 Å². The molecule has 6 heteroatoms. The third-order valence-corrected chi connectivity index (χ3v) is 4.52. The molecule has 152 valence electrons. The van der Waals surface area contributed by atoms with Crippen molar-refractivity contribution in [2.24, 2.45) is 0 Å². The number of likely N-dealkylation sites (N-methyl/N-ethyl adjacent to an activating group) is 1. The van der Waals surface area contributed by atoms with Crippen LogP contribution in [-0.4, -0.2) is 52.5 Å².